The van der Waals surface area contributed by atoms with Gasteiger partial charge in [0.15, 0.2) is 0 Å². The fourth-order valence-corrected chi connectivity index (χ4v) is 1.82. The fraction of sp³-hybridized carbons (Fsp3) is 0.214. The minimum atomic E-state index is -0.102. The number of nitrogens with zero attached hydrogens (tertiary/aromatic N) is 1. The molecule has 4 heteroatoms. The van der Waals surface area contributed by atoms with Crippen molar-refractivity contribution in [3.8, 4) is 11.6 Å². The van der Waals surface area contributed by atoms with Crippen LogP contribution in [0.4, 0.5) is 0 Å². The molecule has 0 saturated heterocycles. The third kappa shape index (κ3) is 2.63. The van der Waals surface area contributed by atoms with E-state index in [9.17, 15) is 5.11 Å². The van der Waals surface area contributed by atoms with Gasteiger partial charge in [-0.15, -0.1) is 0 Å². The van der Waals surface area contributed by atoms with E-state index in [4.69, 9.17) is 16.3 Å². The first-order valence-corrected chi connectivity index (χ1v) is 5.99. The van der Waals surface area contributed by atoms with Gasteiger partial charge in [0.25, 0.3) is 0 Å². The molecule has 0 amide bonds. The number of aromatic nitrogens is 1. The zero-order valence-electron chi connectivity index (χ0n) is 10.3. The zero-order chi connectivity index (χ0) is 13.1. The van der Waals surface area contributed by atoms with Crippen molar-refractivity contribution in [3.05, 3.63) is 52.2 Å². The predicted octanol–water partition coefficient (Wildman–Crippen LogP) is 3.64. The lowest BCUT2D eigenvalue weighted by Gasteiger charge is -2.10. The van der Waals surface area contributed by atoms with E-state index in [1.54, 1.807) is 18.3 Å². The number of aryl methyl sites for hydroxylation is 2. The Bertz CT molecular complexity index is 546. The van der Waals surface area contributed by atoms with Crippen LogP contribution in [0.15, 0.2) is 30.5 Å². The van der Waals surface area contributed by atoms with E-state index in [1.807, 2.05) is 26.0 Å². The molecule has 1 aromatic carbocycles. The summed E-state index contributed by atoms with van der Waals surface area (Å²) in [5.74, 6) is 1.09. The average molecular weight is 264 g/mol. The molecule has 0 atom stereocenters. The summed E-state index contributed by atoms with van der Waals surface area (Å²) in [7, 11) is 0. The van der Waals surface area contributed by atoms with Crippen LogP contribution in [0.3, 0.4) is 0 Å². The Kier molecular flexibility index (Phi) is 3.84. The smallest absolute Gasteiger partial charge is 0.224 e. The van der Waals surface area contributed by atoms with Crippen molar-refractivity contribution in [1.29, 1.82) is 0 Å². The van der Waals surface area contributed by atoms with E-state index >= 15 is 0 Å². The van der Waals surface area contributed by atoms with Crippen LogP contribution in [0.25, 0.3) is 0 Å². The van der Waals surface area contributed by atoms with Crippen LogP contribution in [0.2, 0.25) is 5.02 Å². The van der Waals surface area contributed by atoms with Crippen LogP contribution >= 0.6 is 11.6 Å². The summed E-state index contributed by atoms with van der Waals surface area (Å²) in [6.07, 6.45) is 1.63. The summed E-state index contributed by atoms with van der Waals surface area (Å²) in [6, 6.07) is 7.24. The topological polar surface area (TPSA) is 42.4 Å². The molecule has 0 aliphatic rings. The maximum absolute atomic E-state index is 9.21. The molecule has 0 bridgehead atoms. The molecule has 0 unspecified atom stereocenters. The molecule has 2 rings (SSSR count). The van der Waals surface area contributed by atoms with Crippen molar-refractivity contribution in [2.24, 2.45) is 0 Å². The first kappa shape index (κ1) is 12.9. The third-order valence-electron chi connectivity index (χ3n) is 2.64. The van der Waals surface area contributed by atoms with E-state index in [0.717, 1.165) is 16.1 Å². The predicted molar refractivity (Wildman–Crippen MR) is 71.2 cm³/mol. The monoisotopic (exact) mass is 263 g/mol. The maximum Gasteiger partial charge on any atom is 0.224 e. The fourth-order valence-electron chi connectivity index (χ4n) is 1.71. The summed E-state index contributed by atoms with van der Waals surface area (Å²) >= 11 is 6.10. The van der Waals surface area contributed by atoms with Gasteiger partial charge in [0.1, 0.15) is 5.75 Å². The van der Waals surface area contributed by atoms with Gasteiger partial charge in [0.05, 0.1) is 6.61 Å². The molecule has 94 valence electrons. The Morgan fingerprint density at radius 3 is 2.56 bits per heavy atom. The molecule has 0 saturated carbocycles. The van der Waals surface area contributed by atoms with Crippen LogP contribution in [-0.2, 0) is 6.61 Å². The lowest BCUT2D eigenvalue weighted by atomic mass is 10.1. The minimum Gasteiger partial charge on any atom is -0.439 e. The van der Waals surface area contributed by atoms with Crippen molar-refractivity contribution >= 4 is 11.6 Å². The van der Waals surface area contributed by atoms with Crippen molar-refractivity contribution in [3.63, 3.8) is 0 Å². The standard InChI is InChI=1S/C14H14ClNO2/c1-9-6-12(7-10(2)13(9)15)18-14-11(8-17)4-3-5-16-14/h3-7,17H,8H2,1-2H3. The van der Waals surface area contributed by atoms with Gasteiger partial charge in [0, 0.05) is 16.8 Å². The first-order chi connectivity index (χ1) is 8.61. The lowest BCUT2D eigenvalue weighted by molar-refractivity contribution is 0.275. The second-order valence-electron chi connectivity index (χ2n) is 4.10. The van der Waals surface area contributed by atoms with E-state index in [1.165, 1.54) is 0 Å². The minimum absolute atomic E-state index is 0.102. The highest BCUT2D eigenvalue weighted by Gasteiger charge is 2.08. The second kappa shape index (κ2) is 5.38. The average Bonchev–Trinajstić information content (AvgIpc) is 2.36. The van der Waals surface area contributed by atoms with Crippen LogP contribution in [0.1, 0.15) is 16.7 Å². The van der Waals surface area contributed by atoms with Crippen LogP contribution in [-0.4, -0.2) is 10.1 Å². The molecule has 0 aliphatic heterocycles. The van der Waals surface area contributed by atoms with Crippen LogP contribution in [0, 0.1) is 13.8 Å². The van der Waals surface area contributed by atoms with Crippen LogP contribution < -0.4 is 4.74 Å². The molecule has 0 aliphatic carbocycles. The van der Waals surface area contributed by atoms with E-state index in [0.29, 0.717) is 17.2 Å². The highest BCUT2D eigenvalue weighted by Crippen LogP contribution is 2.29. The number of benzene rings is 1. The van der Waals surface area contributed by atoms with Gasteiger partial charge in [-0.05, 0) is 49.2 Å². The van der Waals surface area contributed by atoms with Gasteiger partial charge in [-0.1, -0.05) is 11.6 Å². The Hall–Kier alpha value is -1.58. The normalized spacial score (nSPS) is 10.4. The molecule has 1 N–H and O–H groups in total. The number of hydrogen-bond donors (Lipinski definition) is 1. The number of rotatable bonds is 3. The molecular weight excluding hydrogens is 250 g/mol. The van der Waals surface area contributed by atoms with E-state index < -0.39 is 0 Å². The van der Waals surface area contributed by atoms with Gasteiger partial charge in [0.2, 0.25) is 5.88 Å². The molecule has 0 radical (unpaired) electrons. The Morgan fingerprint density at radius 1 is 1.28 bits per heavy atom. The summed E-state index contributed by atoms with van der Waals surface area (Å²) in [6.45, 7) is 3.75. The number of aliphatic hydroxyl groups excluding tert-OH is 1. The summed E-state index contributed by atoms with van der Waals surface area (Å²) in [5, 5.41) is 9.95. The molecule has 1 heterocycles. The molecule has 3 nitrogen and oxygen atoms in total. The summed E-state index contributed by atoms with van der Waals surface area (Å²) in [5.41, 5.74) is 2.56. The Labute approximate surface area is 111 Å². The maximum atomic E-state index is 9.21. The summed E-state index contributed by atoms with van der Waals surface area (Å²) < 4.78 is 5.69. The number of halogens is 1. The quantitative estimate of drug-likeness (QED) is 0.919. The van der Waals surface area contributed by atoms with Crippen molar-refractivity contribution in [1.82, 2.24) is 4.98 Å². The number of hydrogen-bond acceptors (Lipinski definition) is 3. The SMILES string of the molecule is Cc1cc(Oc2ncccc2CO)cc(C)c1Cl. The lowest BCUT2D eigenvalue weighted by Crippen LogP contribution is -1.95. The largest absolute Gasteiger partial charge is 0.439 e. The van der Waals surface area contributed by atoms with Gasteiger partial charge < -0.3 is 9.84 Å². The Balaban J connectivity index is 2.34. The highest BCUT2D eigenvalue weighted by molar-refractivity contribution is 6.32. The number of aliphatic hydroxyl groups is 1. The van der Waals surface area contributed by atoms with Gasteiger partial charge >= 0.3 is 0 Å². The van der Waals surface area contributed by atoms with Crippen molar-refractivity contribution < 1.29 is 9.84 Å². The molecule has 18 heavy (non-hydrogen) atoms. The zero-order valence-corrected chi connectivity index (χ0v) is 11.0. The molecule has 2 aromatic rings. The highest BCUT2D eigenvalue weighted by atomic mass is 35.5. The first-order valence-electron chi connectivity index (χ1n) is 5.61. The van der Waals surface area contributed by atoms with E-state index in [-0.39, 0.29) is 6.61 Å². The van der Waals surface area contributed by atoms with Gasteiger partial charge in [-0.2, -0.15) is 0 Å². The molecular formula is C14H14ClNO2. The summed E-state index contributed by atoms with van der Waals surface area (Å²) in [4.78, 5) is 4.11. The molecule has 1 aromatic heterocycles. The second-order valence-corrected chi connectivity index (χ2v) is 4.48. The van der Waals surface area contributed by atoms with Crippen molar-refractivity contribution in [2.45, 2.75) is 20.5 Å². The molecule has 0 fully saturated rings. The number of pyridine rings is 1. The third-order valence-corrected chi connectivity index (χ3v) is 3.24. The Morgan fingerprint density at radius 2 is 1.94 bits per heavy atom. The van der Waals surface area contributed by atoms with Crippen LogP contribution in [0.5, 0.6) is 11.6 Å². The van der Waals surface area contributed by atoms with Crippen molar-refractivity contribution in [2.75, 3.05) is 0 Å². The van der Waals surface area contributed by atoms with E-state index in [2.05, 4.69) is 4.98 Å². The molecule has 0 spiro atoms. The van der Waals surface area contributed by atoms with Gasteiger partial charge in [-0.3, -0.25) is 0 Å². The number of ether oxygens (including phenoxy) is 1. The van der Waals surface area contributed by atoms with Gasteiger partial charge in [-0.25, -0.2) is 4.98 Å².